The third kappa shape index (κ3) is 6.87. The molecule has 0 aliphatic rings. The van der Waals surface area contributed by atoms with Crippen molar-refractivity contribution >= 4 is 5.96 Å². The van der Waals surface area contributed by atoms with E-state index in [1.165, 1.54) is 0 Å². The molecule has 0 bridgehead atoms. The van der Waals surface area contributed by atoms with Crippen LogP contribution >= 0.6 is 0 Å². The van der Waals surface area contributed by atoms with Gasteiger partial charge in [0.15, 0.2) is 5.96 Å². The first kappa shape index (κ1) is 10.8. The lowest BCUT2D eigenvalue weighted by atomic mass is 10.0. The van der Waals surface area contributed by atoms with Crippen molar-refractivity contribution in [2.24, 2.45) is 22.4 Å². The van der Waals surface area contributed by atoms with Gasteiger partial charge < -0.3 is 11.5 Å². The van der Waals surface area contributed by atoms with Gasteiger partial charge in [-0.15, -0.1) is 0 Å². The largest absolute Gasteiger partial charge is 0.370 e. The summed E-state index contributed by atoms with van der Waals surface area (Å²) in [5, 5.41) is 8.31. The molecule has 0 aliphatic carbocycles. The summed E-state index contributed by atoms with van der Waals surface area (Å²) in [6.07, 6.45) is 2.49. The number of rotatable bonds is 5. The molecule has 4 nitrogen and oxygen atoms in total. The van der Waals surface area contributed by atoms with Gasteiger partial charge in [0.25, 0.3) is 0 Å². The molecule has 4 N–H and O–H groups in total. The van der Waals surface area contributed by atoms with Gasteiger partial charge in [-0.05, 0) is 18.8 Å². The molecule has 0 radical (unpaired) electrons. The highest BCUT2D eigenvalue weighted by Crippen LogP contribution is 2.08. The highest BCUT2D eigenvalue weighted by Gasteiger charge is 1.99. The van der Waals surface area contributed by atoms with Crippen LogP contribution in [0.1, 0.15) is 26.2 Å². The Hall–Kier alpha value is -1.24. The number of guanidine groups is 1. The Labute approximate surface area is 73.3 Å². The maximum atomic E-state index is 8.31. The van der Waals surface area contributed by atoms with E-state index in [0.29, 0.717) is 18.9 Å². The predicted octanol–water partition coefficient (Wildman–Crippen LogP) is 0.590. The Balaban J connectivity index is 3.39. The van der Waals surface area contributed by atoms with E-state index in [2.05, 4.69) is 18.0 Å². The van der Waals surface area contributed by atoms with E-state index in [1.54, 1.807) is 0 Å². The fourth-order valence-electron chi connectivity index (χ4n) is 0.869. The molecule has 68 valence electrons. The van der Waals surface area contributed by atoms with Gasteiger partial charge in [0, 0.05) is 13.0 Å². The first-order chi connectivity index (χ1) is 5.66. The Morgan fingerprint density at radius 2 is 2.17 bits per heavy atom. The van der Waals surface area contributed by atoms with Crippen molar-refractivity contribution in [2.75, 3.05) is 6.54 Å². The number of aliphatic imine (C=N–C) groups is 1. The molecule has 1 atom stereocenters. The van der Waals surface area contributed by atoms with E-state index in [0.717, 1.165) is 12.8 Å². The Bertz CT molecular complexity index is 176. The average molecular weight is 168 g/mol. The molecular formula is C8H16N4. The van der Waals surface area contributed by atoms with Crippen LogP contribution in [0.2, 0.25) is 0 Å². The highest BCUT2D eigenvalue weighted by atomic mass is 15.0. The normalized spacial score (nSPS) is 11.7. The van der Waals surface area contributed by atoms with Gasteiger partial charge in [-0.2, -0.15) is 5.26 Å². The molecule has 0 amide bonds. The summed E-state index contributed by atoms with van der Waals surface area (Å²) in [5.74, 6) is 0.662. The molecule has 0 aromatic rings. The molecule has 0 fully saturated rings. The molecule has 0 heterocycles. The van der Waals surface area contributed by atoms with Crippen LogP contribution in [-0.2, 0) is 0 Å². The van der Waals surface area contributed by atoms with E-state index >= 15 is 0 Å². The highest BCUT2D eigenvalue weighted by molar-refractivity contribution is 5.75. The maximum Gasteiger partial charge on any atom is 0.185 e. The predicted molar refractivity (Wildman–Crippen MR) is 49.3 cm³/mol. The topological polar surface area (TPSA) is 88.2 Å². The van der Waals surface area contributed by atoms with E-state index in [9.17, 15) is 0 Å². The summed E-state index contributed by atoms with van der Waals surface area (Å²) in [4.78, 5) is 3.86. The van der Waals surface area contributed by atoms with Gasteiger partial charge in [-0.25, -0.2) is 0 Å². The fraction of sp³-hybridized carbons (Fsp3) is 0.750. The lowest BCUT2D eigenvalue weighted by Crippen LogP contribution is -2.23. The quantitative estimate of drug-likeness (QED) is 0.465. The van der Waals surface area contributed by atoms with Gasteiger partial charge in [0.2, 0.25) is 0 Å². The summed E-state index contributed by atoms with van der Waals surface area (Å²) < 4.78 is 0. The van der Waals surface area contributed by atoms with Crippen LogP contribution in [0.4, 0.5) is 0 Å². The summed E-state index contributed by atoms with van der Waals surface area (Å²) in [6, 6.07) is 2.11. The van der Waals surface area contributed by atoms with E-state index < -0.39 is 0 Å². The minimum atomic E-state index is 0.141. The summed E-state index contributed by atoms with van der Waals surface area (Å²) in [6.45, 7) is 2.76. The number of nitrogens with zero attached hydrogens (tertiary/aromatic N) is 2. The molecule has 0 saturated heterocycles. The smallest absolute Gasteiger partial charge is 0.185 e. The van der Waals surface area contributed by atoms with Gasteiger partial charge in [0.05, 0.1) is 6.07 Å². The van der Waals surface area contributed by atoms with Gasteiger partial charge in [-0.3, -0.25) is 4.99 Å². The Morgan fingerprint density at radius 1 is 1.50 bits per heavy atom. The lowest BCUT2D eigenvalue weighted by molar-refractivity contribution is 0.507. The van der Waals surface area contributed by atoms with Crippen LogP contribution in [0.5, 0.6) is 0 Å². The zero-order valence-corrected chi connectivity index (χ0v) is 7.45. The average Bonchev–Trinajstić information content (AvgIpc) is 2.00. The van der Waals surface area contributed by atoms with Crippen LogP contribution in [-0.4, -0.2) is 12.5 Å². The SMILES string of the molecule is CC(CCC#N)CCN=C(N)N. The molecule has 0 saturated carbocycles. The number of hydrogen-bond acceptors (Lipinski definition) is 2. The van der Waals surface area contributed by atoms with Gasteiger partial charge in [-0.1, -0.05) is 6.92 Å². The maximum absolute atomic E-state index is 8.31. The third-order valence-electron chi connectivity index (χ3n) is 1.67. The zero-order valence-electron chi connectivity index (χ0n) is 7.45. The molecule has 0 aliphatic heterocycles. The summed E-state index contributed by atoms with van der Waals surface area (Å²) in [5.41, 5.74) is 10.3. The van der Waals surface area contributed by atoms with Crippen molar-refractivity contribution in [3.63, 3.8) is 0 Å². The molecule has 0 aromatic heterocycles. The summed E-state index contributed by atoms with van der Waals surface area (Å²) in [7, 11) is 0. The van der Waals surface area contributed by atoms with Crippen molar-refractivity contribution in [1.82, 2.24) is 0 Å². The molecule has 4 heteroatoms. The molecule has 1 unspecified atom stereocenters. The zero-order chi connectivity index (χ0) is 9.40. The standard InChI is InChI=1S/C8H16N4/c1-7(3-2-5-9)4-6-12-8(10)11/h7H,2-4,6H2,1H3,(H4,10,11,12). The second-order valence-corrected chi connectivity index (χ2v) is 2.90. The van der Waals surface area contributed by atoms with Crippen molar-refractivity contribution < 1.29 is 0 Å². The number of nitriles is 1. The molecular weight excluding hydrogens is 152 g/mol. The van der Waals surface area contributed by atoms with Crippen molar-refractivity contribution in [2.45, 2.75) is 26.2 Å². The van der Waals surface area contributed by atoms with Crippen LogP contribution in [0, 0.1) is 17.2 Å². The number of hydrogen-bond donors (Lipinski definition) is 2. The van der Waals surface area contributed by atoms with Crippen LogP contribution in [0.25, 0.3) is 0 Å². The summed E-state index contributed by atoms with van der Waals surface area (Å²) >= 11 is 0. The monoisotopic (exact) mass is 168 g/mol. The van der Waals surface area contributed by atoms with E-state index in [-0.39, 0.29) is 5.96 Å². The van der Waals surface area contributed by atoms with Crippen LogP contribution in [0.15, 0.2) is 4.99 Å². The van der Waals surface area contributed by atoms with Crippen LogP contribution in [0.3, 0.4) is 0 Å². The first-order valence-corrected chi connectivity index (χ1v) is 4.09. The van der Waals surface area contributed by atoms with Crippen molar-refractivity contribution in [3.8, 4) is 6.07 Å². The minimum absolute atomic E-state index is 0.141. The van der Waals surface area contributed by atoms with Crippen LogP contribution < -0.4 is 11.5 Å². The second kappa shape index (κ2) is 6.47. The third-order valence-corrected chi connectivity index (χ3v) is 1.67. The Morgan fingerprint density at radius 3 is 2.67 bits per heavy atom. The molecule has 0 rings (SSSR count). The molecule has 0 aromatic carbocycles. The van der Waals surface area contributed by atoms with Crippen molar-refractivity contribution in [3.05, 3.63) is 0 Å². The molecule has 0 spiro atoms. The van der Waals surface area contributed by atoms with Gasteiger partial charge in [0.1, 0.15) is 0 Å². The molecule has 12 heavy (non-hydrogen) atoms. The van der Waals surface area contributed by atoms with Gasteiger partial charge >= 0.3 is 0 Å². The van der Waals surface area contributed by atoms with E-state index in [1.807, 2.05) is 0 Å². The lowest BCUT2D eigenvalue weighted by Gasteiger charge is -2.05. The minimum Gasteiger partial charge on any atom is -0.370 e. The first-order valence-electron chi connectivity index (χ1n) is 4.09. The Kier molecular flexibility index (Phi) is 5.80. The fourth-order valence-corrected chi connectivity index (χ4v) is 0.869. The van der Waals surface area contributed by atoms with E-state index in [4.69, 9.17) is 16.7 Å². The number of nitrogens with two attached hydrogens (primary N) is 2. The van der Waals surface area contributed by atoms with Crippen molar-refractivity contribution in [1.29, 1.82) is 5.26 Å². The second-order valence-electron chi connectivity index (χ2n) is 2.90.